The molecule has 0 radical (unpaired) electrons. The van der Waals surface area contributed by atoms with Crippen LogP contribution in [0.25, 0.3) is 0 Å². The number of aliphatic hydroxyl groups is 1. The van der Waals surface area contributed by atoms with Crippen LogP contribution in [0, 0.1) is 0 Å². The van der Waals surface area contributed by atoms with E-state index in [1.807, 2.05) is 54.6 Å². The first-order chi connectivity index (χ1) is 13.1. The van der Waals surface area contributed by atoms with Crippen LogP contribution in [0.2, 0.25) is 0 Å². The van der Waals surface area contributed by atoms with Crippen LogP contribution in [0.5, 0.6) is 5.75 Å². The minimum atomic E-state index is -0.542. The van der Waals surface area contributed by atoms with E-state index >= 15 is 0 Å². The van der Waals surface area contributed by atoms with E-state index in [0.717, 1.165) is 36.2 Å². The number of benzene rings is 2. The van der Waals surface area contributed by atoms with Gasteiger partial charge in [-0.3, -0.25) is 4.79 Å². The van der Waals surface area contributed by atoms with Crippen molar-refractivity contribution in [2.75, 3.05) is 26.2 Å². The van der Waals surface area contributed by atoms with E-state index in [0.29, 0.717) is 12.1 Å². The summed E-state index contributed by atoms with van der Waals surface area (Å²) in [7, 11) is 0. The summed E-state index contributed by atoms with van der Waals surface area (Å²) in [6.07, 6.45) is 1.23. The Kier molecular flexibility index (Phi) is 7.26. The molecule has 6 heteroatoms. The molecule has 1 heterocycles. The highest BCUT2D eigenvalue weighted by Crippen LogP contribution is 2.18. The second-order valence-corrected chi connectivity index (χ2v) is 7.75. The molecule has 1 aliphatic rings. The summed E-state index contributed by atoms with van der Waals surface area (Å²) in [5.74, 6) is 0.724. The summed E-state index contributed by atoms with van der Waals surface area (Å²) >= 11 is 3.41. The van der Waals surface area contributed by atoms with Crippen molar-refractivity contribution in [2.24, 2.45) is 0 Å². The lowest BCUT2D eigenvalue weighted by atomic mass is 10.0. The molecule has 2 aromatic carbocycles. The summed E-state index contributed by atoms with van der Waals surface area (Å²) in [5.41, 5.74) is 0.694. The SMILES string of the molecule is O=C(NC1CCN(CC(O)COc2cccc(Br)c2)CC1)c1ccccc1. The van der Waals surface area contributed by atoms with E-state index in [4.69, 9.17) is 4.74 Å². The molecular weight excluding hydrogens is 408 g/mol. The van der Waals surface area contributed by atoms with Gasteiger partial charge in [0.25, 0.3) is 5.91 Å². The number of ether oxygens (including phenoxy) is 1. The van der Waals surface area contributed by atoms with Gasteiger partial charge in [0.2, 0.25) is 0 Å². The molecule has 0 aliphatic carbocycles. The van der Waals surface area contributed by atoms with Gasteiger partial charge < -0.3 is 20.1 Å². The maximum Gasteiger partial charge on any atom is 0.251 e. The lowest BCUT2D eigenvalue weighted by Gasteiger charge is -2.33. The largest absolute Gasteiger partial charge is 0.491 e. The number of likely N-dealkylation sites (tertiary alicyclic amines) is 1. The number of amides is 1. The number of aliphatic hydroxyl groups excluding tert-OH is 1. The summed E-state index contributed by atoms with van der Waals surface area (Å²) < 4.78 is 6.60. The minimum absolute atomic E-state index is 0.0171. The van der Waals surface area contributed by atoms with Crippen molar-refractivity contribution in [1.29, 1.82) is 0 Å². The first kappa shape index (κ1) is 19.9. The number of carbonyl (C=O) groups is 1. The van der Waals surface area contributed by atoms with Crippen LogP contribution in [0.3, 0.4) is 0 Å². The Bertz CT molecular complexity index is 733. The molecule has 2 N–H and O–H groups in total. The Labute approximate surface area is 168 Å². The van der Waals surface area contributed by atoms with Crippen LogP contribution in [-0.2, 0) is 0 Å². The van der Waals surface area contributed by atoms with Gasteiger partial charge in [-0.1, -0.05) is 40.2 Å². The fraction of sp³-hybridized carbons (Fsp3) is 0.381. The van der Waals surface area contributed by atoms with Gasteiger partial charge in [0, 0.05) is 35.7 Å². The molecule has 1 atom stereocenters. The number of hydrogen-bond donors (Lipinski definition) is 2. The number of piperidine rings is 1. The Morgan fingerprint density at radius 1 is 1.19 bits per heavy atom. The van der Waals surface area contributed by atoms with Crippen LogP contribution in [0.15, 0.2) is 59.1 Å². The zero-order valence-corrected chi connectivity index (χ0v) is 16.8. The molecular formula is C21H25BrN2O3. The van der Waals surface area contributed by atoms with Gasteiger partial charge in [0.05, 0.1) is 0 Å². The van der Waals surface area contributed by atoms with Gasteiger partial charge in [-0.15, -0.1) is 0 Å². The van der Waals surface area contributed by atoms with Crippen LogP contribution in [0.1, 0.15) is 23.2 Å². The maximum absolute atomic E-state index is 12.2. The molecule has 27 heavy (non-hydrogen) atoms. The third-order valence-electron chi connectivity index (χ3n) is 4.67. The summed E-state index contributed by atoms with van der Waals surface area (Å²) in [5, 5.41) is 13.3. The second kappa shape index (κ2) is 9.88. The van der Waals surface area contributed by atoms with Crippen molar-refractivity contribution in [3.05, 3.63) is 64.6 Å². The van der Waals surface area contributed by atoms with E-state index in [2.05, 4.69) is 26.1 Å². The molecule has 0 saturated carbocycles. The number of nitrogens with zero attached hydrogens (tertiary/aromatic N) is 1. The number of β-amino-alcohol motifs (C(OH)–C–C–N with tert-alkyl or cyclic N) is 1. The van der Waals surface area contributed by atoms with Gasteiger partial charge >= 0.3 is 0 Å². The first-order valence-electron chi connectivity index (χ1n) is 9.25. The average Bonchev–Trinajstić information content (AvgIpc) is 2.69. The van der Waals surface area contributed by atoms with Crippen molar-refractivity contribution in [2.45, 2.75) is 25.0 Å². The molecule has 144 valence electrons. The van der Waals surface area contributed by atoms with Gasteiger partial charge in [-0.2, -0.15) is 0 Å². The van der Waals surface area contributed by atoms with Gasteiger partial charge in [0.1, 0.15) is 18.5 Å². The molecule has 1 fully saturated rings. The molecule has 0 spiro atoms. The van der Waals surface area contributed by atoms with E-state index in [1.54, 1.807) is 0 Å². The van der Waals surface area contributed by atoms with E-state index in [9.17, 15) is 9.90 Å². The summed E-state index contributed by atoms with van der Waals surface area (Å²) in [4.78, 5) is 14.5. The molecule has 1 amide bonds. The standard InChI is InChI=1S/C21H25BrN2O3/c22-17-7-4-8-20(13-17)27-15-19(25)14-24-11-9-18(10-12-24)23-21(26)16-5-2-1-3-6-16/h1-8,13,18-19,25H,9-12,14-15H2,(H,23,26). The van der Waals surface area contributed by atoms with Gasteiger partial charge in [-0.25, -0.2) is 0 Å². The zero-order chi connectivity index (χ0) is 19.1. The zero-order valence-electron chi connectivity index (χ0n) is 15.2. The van der Waals surface area contributed by atoms with Crippen LogP contribution in [0.4, 0.5) is 0 Å². The lowest BCUT2D eigenvalue weighted by Crippen LogP contribution is -2.47. The molecule has 5 nitrogen and oxygen atoms in total. The first-order valence-corrected chi connectivity index (χ1v) is 10.0. The molecule has 1 aliphatic heterocycles. The predicted molar refractivity (Wildman–Crippen MR) is 109 cm³/mol. The number of nitrogens with one attached hydrogen (secondary N) is 1. The summed E-state index contributed by atoms with van der Waals surface area (Å²) in [6, 6.07) is 17.1. The third-order valence-corrected chi connectivity index (χ3v) is 5.16. The van der Waals surface area contributed by atoms with Crippen molar-refractivity contribution in [3.8, 4) is 5.75 Å². The van der Waals surface area contributed by atoms with E-state index < -0.39 is 6.10 Å². The smallest absolute Gasteiger partial charge is 0.251 e. The van der Waals surface area contributed by atoms with Crippen molar-refractivity contribution in [3.63, 3.8) is 0 Å². The Hall–Kier alpha value is -1.89. The second-order valence-electron chi connectivity index (χ2n) is 6.84. The van der Waals surface area contributed by atoms with Gasteiger partial charge in [0.15, 0.2) is 0 Å². The highest BCUT2D eigenvalue weighted by Gasteiger charge is 2.22. The average molecular weight is 433 g/mol. The predicted octanol–water partition coefficient (Wildman–Crippen LogP) is 3.08. The molecule has 1 saturated heterocycles. The van der Waals surface area contributed by atoms with Crippen molar-refractivity contribution >= 4 is 21.8 Å². The fourth-order valence-electron chi connectivity index (χ4n) is 3.22. The Morgan fingerprint density at radius 3 is 2.63 bits per heavy atom. The van der Waals surface area contributed by atoms with Gasteiger partial charge in [-0.05, 0) is 43.2 Å². The Balaban J connectivity index is 1.37. The fourth-order valence-corrected chi connectivity index (χ4v) is 3.60. The van der Waals surface area contributed by atoms with E-state index in [-0.39, 0.29) is 18.6 Å². The number of hydrogen-bond acceptors (Lipinski definition) is 4. The monoisotopic (exact) mass is 432 g/mol. The van der Waals surface area contributed by atoms with E-state index in [1.165, 1.54) is 0 Å². The Morgan fingerprint density at radius 2 is 1.93 bits per heavy atom. The maximum atomic E-state index is 12.2. The molecule has 1 unspecified atom stereocenters. The molecule has 0 aromatic heterocycles. The van der Waals surface area contributed by atoms with Crippen LogP contribution < -0.4 is 10.1 Å². The highest BCUT2D eigenvalue weighted by atomic mass is 79.9. The topological polar surface area (TPSA) is 61.8 Å². The molecule has 3 rings (SSSR count). The van der Waals surface area contributed by atoms with Crippen LogP contribution >= 0.6 is 15.9 Å². The van der Waals surface area contributed by atoms with Crippen molar-refractivity contribution in [1.82, 2.24) is 10.2 Å². The number of carbonyl (C=O) groups excluding carboxylic acids is 1. The number of halogens is 1. The molecule has 2 aromatic rings. The quantitative estimate of drug-likeness (QED) is 0.705. The normalized spacial score (nSPS) is 16.7. The van der Waals surface area contributed by atoms with Crippen molar-refractivity contribution < 1.29 is 14.6 Å². The summed E-state index contributed by atoms with van der Waals surface area (Å²) in [6.45, 7) is 2.55. The number of rotatable bonds is 7. The third kappa shape index (κ3) is 6.34. The minimum Gasteiger partial charge on any atom is -0.491 e. The highest BCUT2D eigenvalue weighted by molar-refractivity contribution is 9.10. The lowest BCUT2D eigenvalue weighted by molar-refractivity contribution is 0.0567. The van der Waals surface area contributed by atoms with Crippen LogP contribution in [-0.4, -0.2) is 54.3 Å². The molecule has 0 bridgehead atoms.